The highest BCUT2D eigenvalue weighted by molar-refractivity contribution is 7.07. The number of thiazole rings is 1. The standard InChI is InChI=1S/C22H31ClN2S/c1-3-5-15-24-21-25(16-6-4-2)20(17-26-21)22(13-7-8-14-22)18-9-11-19(23)12-10-18/h9-12,17H,3-8,13-16H2,1-2H3. The van der Waals surface area contributed by atoms with E-state index < -0.39 is 0 Å². The summed E-state index contributed by atoms with van der Waals surface area (Å²) in [5, 5.41) is 3.21. The molecule has 1 aliphatic rings. The van der Waals surface area contributed by atoms with Crippen LogP contribution in [0.5, 0.6) is 0 Å². The summed E-state index contributed by atoms with van der Waals surface area (Å²) in [6, 6.07) is 8.57. The van der Waals surface area contributed by atoms with Gasteiger partial charge in [-0.2, -0.15) is 0 Å². The highest BCUT2D eigenvalue weighted by Gasteiger charge is 2.39. The third kappa shape index (κ3) is 4.09. The van der Waals surface area contributed by atoms with E-state index in [1.54, 1.807) is 0 Å². The van der Waals surface area contributed by atoms with E-state index in [4.69, 9.17) is 16.6 Å². The second kappa shape index (κ2) is 9.23. The third-order valence-electron chi connectivity index (χ3n) is 5.64. The summed E-state index contributed by atoms with van der Waals surface area (Å²) in [4.78, 5) is 6.15. The number of unbranched alkanes of at least 4 members (excludes halogenated alkanes) is 2. The van der Waals surface area contributed by atoms with E-state index in [1.807, 2.05) is 23.5 Å². The van der Waals surface area contributed by atoms with E-state index in [2.05, 4.69) is 35.9 Å². The van der Waals surface area contributed by atoms with Gasteiger partial charge in [0.15, 0.2) is 4.80 Å². The quantitative estimate of drug-likeness (QED) is 0.454. The van der Waals surface area contributed by atoms with Gasteiger partial charge in [-0.05, 0) is 43.4 Å². The molecular weight excluding hydrogens is 360 g/mol. The van der Waals surface area contributed by atoms with Gasteiger partial charge in [0, 0.05) is 34.6 Å². The molecule has 0 radical (unpaired) electrons. The summed E-state index contributed by atoms with van der Waals surface area (Å²) in [7, 11) is 0. The Morgan fingerprint density at radius 2 is 1.77 bits per heavy atom. The molecule has 0 spiro atoms. The lowest BCUT2D eigenvalue weighted by molar-refractivity contribution is 0.466. The summed E-state index contributed by atoms with van der Waals surface area (Å²) in [5.41, 5.74) is 3.03. The molecule has 0 N–H and O–H groups in total. The van der Waals surface area contributed by atoms with E-state index in [0.29, 0.717) is 0 Å². The fraction of sp³-hybridized carbons (Fsp3) is 0.591. The summed E-state index contributed by atoms with van der Waals surface area (Å²) in [6.45, 7) is 6.52. The maximum atomic E-state index is 6.17. The van der Waals surface area contributed by atoms with Crippen LogP contribution in [-0.2, 0) is 12.0 Å². The fourth-order valence-corrected chi connectivity index (χ4v) is 5.32. The normalized spacial score (nSPS) is 17.1. The molecular formula is C22H31ClN2S. The molecule has 0 bridgehead atoms. The second-order valence-corrected chi connectivity index (χ2v) is 8.71. The van der Waals surface area contributed by atoms with Gasteiger partial charge in [-0.25, -0.2) is 0 Å². The van der Waals surface area contributed by atoms with E-state index in [0.717, 1.165) is 18.1 Å². The van der Waals surface area contributed by atoms with Gasteiger partial charge >= 0.3 is 0 Å². The van der Waals surface area contributed by atoms with Gasteiger partial charge in [-0.3, -0.25) is 4.99 Å². The summed E-state index contributed by atoms with van der Waals surface area (Å²) in [6.07, 6.45) is 9.85. The molecule has 2 nitrogen and oxygen atoms in total. The molecule has 0 unspecified atom stereocenters. The number of nitrogens with zero attached hydrogens (tertiary/aromatic N) is 2. The Bertz CT molecular complexity index is 751. The lowest BCUT2D eigenvalue weighted by Gasteiger charge is -2.31. The minimum atomic E-state index is 0.132. The molecule has 3 rings (SSSR count). The third-order valence-corrected chi connectivity index (χ3v) is 6.79. The Morgan fingerprint density at radius 3 is 2.42 bits per heavy atom. The fourth-order valence-electron chi connectivity index (χ4n) is 4.14. The molecule has 1 aromatic heterocycles. The van der Waals surface area contributed by atoms with Crippen molar-refractivity contribution in [3.8, 4) is 0 Å². The number of halogens is 1. The van der Waals surface area contributed by atoms with E-state index >= 15 is 0 Å². The lowest BCUT2D eigenvalue weighted by atomic mass is 9.76. The molecule has 1 saturated carbocycles. The minimum absolute atomic E-state index is 0.132. The van der Waals surface area contributed by atoms with Crippen LogP contribution in [0.1, 0.15) is 76.5 Å². The molecule has 1 fully saturated rings. The first-order valence-electron chi connectivity index (χ1n) is 10.2. The summed E-state index contributed by atoms with van der Waals surface area (Å²) in [5.74, 6) is 0. The van der Waals surface area contributed by atoms with Crippen molar-refractivity contribution in [3.63, 3.8) is 0 Å². The van der Waals surface area contributed by atoms with Crippen LogP contribution in [0.25, 0.3) is 0 Å². The highest BCUT2D eigenvalue weighted by atomic mass is 35.5. The van der Waals surface area contributed by atoms with Crippen molar-refractivity contribution in [2.24, 2.45) is 4.99 Å². The number of aromatic nitrogens is 1. The molecule has 0 aliphatic heterocycles. The Kier molecular flexibility index (Phi) is 6.99. The van der Waals surface area contributed by atoms with Gasteiger partial charge in [0.25, 0.3) is 0 Å². The molecule has 1 heterocycles. The molecule has 142 valence electrons. The average Bonchev–Trinajstić information content (AvgIpc) is 3.29. The van der Waals surface area contributed by atoms with Crippen LogP contribution in [0.2, 0.25) is 5.02 Å². The van der Waals surface area contributed by atoms with Crippen LogP contribution in [0.4, 0.5) is 0 Å². The topological polar surface area (TPSA) is 17.3 Å². The first-order chi connectivity index (χ1) is 12.7. The Labute approximate surface area is 166 Å². The van der Waals surface area contributed by atoms with Crippen molar-refractivity contribution in [2.75, 3.05) is 6.54 Å². The number of hydrogen-bond acceptors (Lipinski definition) is 2. The monoisotopic (exact) mass is 390 g/mol. The predicted octanol–water partition coefficient (Wildman–Crippen LogP) is 6.56. The van der Waals surface area contributed by atoms with Gasteiger partial charge < -0.3 is 4.57 Å². The molecule has 1 aromatic carbocycles. The van der Waals surface area contributed by atoms with Crippen molar-refractivity contribution in [1.82, 2.24) is 4.57 Å². The molecule has 0 saturated heterocycles. The van der Waals surface area contributed by atoms with Crippen LogP contribution in [0, 0.1) is 0 Å². The van der Waals surface area contributed by atoms with Crippen LogP contribution >= 0.6 is 22.9 Å². The first kappa shape index (κ1) is 19.7. The lowest BCUT2D eigenvalue weighted by Crippen LogP contribution is -2.31. The predicted molar refractivity (Wildman–Crippen MR) is 113 cm³/mol. The zero-order valence-corrected chi connectivity index (χ0v) is 17.7. The zero-order chi connectivity index (χ0) is 18.4. The molecule has 2 aromatic rings. The molecule has 0 atom stereocenters. The largest absolute Gasteiger partial charge is 0.320 e. The number of rotatable bonds is 8. The maximum absolute atomic E-state index is 6.17. The smallest absolute Gasteiger partial charge is 0.184 e. The zero-order valence-electron chi connectivity index (χ0n) is 16.1. The maximum Gasteiger partial charge on any atom is 0.184 e. The Hall–Kier alpha value is -1.06. The van der Waals surface area contributed by atoms with E-state index in [9.17, 15) is 0 Å². The Morgan fingerprint density at radius 1 is 1.08 bits per heavy atom. The van der Waals surface area contributed by atoms with E-state index in [1.165, 1.54) is 67.4 Å². The molecule has 0 amide bonds. The number of benzene rings is 1. The van der Waals surface area contributed by atoms with Crippen molar-refractivity contribution in [1.29, 1.82) is 0 Å². The van der Waals surface area contributed by atoms with Gasteiger partial charge in [0.1, 0.15) is 0 Å². The second-order valence-electron chi connectivity index (χ2n) is 7.44. The SMILES string of the molecule is CCCCN=c1scc(C2(c3ccc(Cl)cc3)CCCC2)n1CCCC. The number of hydrogen-bond donors (Lipinski definition) is 0. The van der Waals surface area contributed by atoms with Crippen LogP contribution in [0.3, 0.4) is 0 Å². The summed E-state index contributed by atoms with van der Waals surface area (Å²) >= 11 is 8.00. The average molecular weight is 391 g/mol. The van der Waals surface area contributed by atoms with Gasteiger partial charge in [-0.1, -0.05) is 63.3 Å². The highest BCUT2D eigenvalue weighted by Crippen LogP contribution is 2.46. The van der Waals surface area contributed by atoms with Crippen LogP contribution in [-0.4, -0.2) is 11.1 Å². The van der Waals surface area contributed by atoms with Crippen molar-refractivity contribution >= 4 is 22.9 Å². The molecule has 4 heteroatoms. The minimum Gasteiger partial charge on any atom is -0.320 e. The van der Waals surface area contributed by atoms with Gasteiger partial charge in [-0.15, -0.1) is 11.3 Å². The van der Waals surface area contributed by atoms with Crippen molar-refractivity contribution < 1.29 is 0 Å². The van der Waals surface area contributed by atoms with Crippen molar-refractivity contribution in [2.45, 2.75) is 77.2 Å². The van der Waals surface area contributed by atoms with Crippen LogP contribution < -0.4 is 4.80 Å². The Balaban J connectivity index is 2.06. The first-order valence-corrected chi connectivity index (χ1v) is 11.4. The van der Waals surface area contributed by atoms with Crippen molar-refractivity contribution in [3.05, 3.63) is 50.7 Å². The van der Waals surface area contributed by atoms with E-state index in [-0.39, 0.29) is 5.41 Å². The molecule has 26 heavy (non-hydrogen) atoms. The molecule has 1 aliphatic carbocycles. The van der Waals surface area contributed by atoms with Gasteiger partial charge in [0.2, 0.25) is 0 Å². The van der Waals surface area contributed by atoms with Gasteiger partial charge in [0.05, 0.1) is 0 Å². The summed E-state index contributed by atoms with van der Waals surface area (Å²) < 4.78 is 2.53. The van der Waals surface area contributed by atoms with Crippen LogP contribution in [0.15, 0.2) is 34.6 Å².